The van der Waals surface area contributed by atoms with Crippen molar-refractivity contribution in [1.29, 1.82) is 0 Å². The van der Waals surface area contributed by atoms with E-state index in [9.17, 15) is 5.11 Å². The minimum atomic E-state index is 0.186. The Kier molecular flexibility index (Phi) is 4.19. The Hall–Kier alpha value is -1.22. The Morgan fingerprint density at radius 2 is 1.88 bits per heavy atom. The monoisotopic (exact) mass is 223 g/mol. The van der Waals surface area contributed by atoms with Crippen LogP contribution in [0.2, 0.25) is 0 Å². The summed E-state index contributed by atoms with van der Waals surface area (Å²) in [7, 11) is 3.65. The maximum Gasteiger partial charge on any atom is 0.124 e. The van der Waals surface area contributed by atoms with Crippen LogP contribution < -0.4 is 4.74 Å². The number of rotatable bonds is 4. The van der Waals surface area contributed by atoms with Gasteiger partial charge < -0.3 is 9.84 Å². The molecule has 1 N–H and O–H groups in total. The fraction of sp³-hybridized carbons (Fsp3) is 0.538. The van der Waals surface area contributed by atoms with Crippen molar-refractivity contribution in [3.8, 4) is 11.5 Å². The molecule has 90 valence electrons. The zero-order valence-electron chi connectivity index (χ0n) is 10.7. The molecule has 0 aromatic heterocycles. The molecule has 0 aliphatic heterocycles. The van der Waals surface area contributed by atoms with Crippen LogP contribution >= 0.6 is 0 Å². The summed E-state index contributed by atoms with van der Waals surface area (Å²) in [6.07, 6.45) is 0. The third-order valence-electron chi connectivity index (χ3n) is 3.11. The summed E-state index contributed by atoms with van der Waals surface area (Å²) in [5, 5.41) is 9.92. The SMILES string of the molecule is COc1ccc(C(C)N(C)C(C)C)c(O)c1. The number of hydrogen-bond donors (Lipinski definition) is 1. The van der Waals surface area contributed by atoms with Gasteiger partial charge in [0.2, 0.25) is 0 Å². The van der Waals surface area contributed by atoms with E-state index in [-0.39, 0.29) is 6.04 Å². The lowest BCUT2D eigenvalue weighted by atomic mass is 10.0. The van der Waals surface area contributed by atoms with Crippen molar-refractivity contribution >= 4 is 0 Å². The Morgan fingerprint density at radius 3 is 2.31 bits per heavy atom. The first-order valence-electron chi connectivity index (χ1n) is 5.56. The van der Waals surface area contributed by atoms with Crippen LogP contribution in [-0.2, 0) is 0 Å². The van der Waals surface area contributed by atoms with Crippen LogP contribution in [0.15, 0.2) is 18.2 Å². The molecule has 0 saturated heterocycles. The lowest BCUT2D eigenvalue weighted by molar-refractivity contribution is 0.207. The molecule has 0 saturated carbocycles. The van der Waals surface area contributed by atoms with Crippen molar-refractivity contribution in [1.82, 2.24) is 4.90 Å². The van der Waals surface area contributed by atoms with Crippen LogP contribution in [0.25, 0.3) is 0 Å². The summed E-state index contributed by atoms with van der Waals surface area (Å²) in [6.45, 7) is 6.36. The summed E-state index contributed by atoms with van der Waals surface area (Å²) < 4.78 is 5.06. The molecule has 0 fully saturated rings. The second-order valence-electron chi connectivity index (χ2n) is 4.36. The lowest BCUT2D eigenvalue weighted by Crippen LogP contribution is -2.29. The second-order valence-corrected chi connectivity index (χ2v) is 4.36. The highest BCUT2D eigenvalue weighted by Gasteiger charge is 2.17. The van der Waals surface area contributed by atoms with Crippen LogP contribution in [0.4, 0.5) is 0 Å². The molecule has 3 nitrogen and oxygen atoms in total. The molecule has 0 spiro atoms. The second kappa shape index (κ2) is 5.21. The van der Waals surface area contributed by atoms with E-state index in [4.69, 9.17) is 4.74 Å². The number of ether oxygens (including phenoxy) is 1. The third-order valence-corrected chi connectivity index (χ3v) is 3.11. The minimum Gasteiger partial charge on any atom is -0.507 e. The van der Waals surface area contributed by atoms with Gasteiger partial charge in [-0.2, -0.15) is 0 Å². The van der Waals surface area contributed by atoms with E-state index in [1.54, 1.807) is 13.2 Å². The van der Waals surface area contributed by atoms with Gasteiger partial charge in [0.15, 0.2) is 0 Å². The molecule has 1 atom stereocenters. The first kappa shape index (κ1) is 12.8. The fourth-order valence-corrected chi connectivity index (χ4v) is 1.67. The van der Waals surface area contributed by atoms with Gasteiger partial charge in [-0.25, -0.2) is 0 Å². The summed E-state index contributed by atoms with van der Waals surface area (Å²) in [4.78, 5) is 2.21. The van der Waals surface area contributed by atoms with Gasteiger partial charge in [0.05, 0.1) is 7.11 Å². The maximum absolute atomic E-state index is 9.92. The first-order chi connectivity index (χ1) is 7.47. The average Bonchev–Trinajstić information content (AvgIpc) is 2.26. The lowest BCUT2D eigenvalue weighted by Gasteiger charge is -2.29. The molecule has 1 aromatic carbocycles. The highest BCUT2D eigenvalue weighted by Crippen LogP contribution is 2.31. The van der Waals surface area contributed by atoms with E-state index in [2.05, 4.69) is 32.7 Å². The van der Waals surface area contributed by atoms with E-state index in [1.165, 1.54) is 0 Å². The van der Waals surface area contributed by atoms with E-state index < -0.39 is 0 Å². The highest BCUT2D eigenvalue weighted by molar-refractivity contribution is 5.41. The Balaban J connectivity index is 2.96. The van der Waals surface area contributed by atoms with Crippen LogP contribution in [0.3, 0.4) is 0 Å². The minimum absolute atomic E-state index is 0.186. The predicted molar refractivity (Wildman–Crippen MR) is 66.0 cm³/mol. The Bertz CT molecular complexity index is 350. The number of methoxy groups -OCH3 is 1. The fourth-order valence-electron chi connectivity index (χ4n) is 1.67. The van der Waals surface area contributed by atoms with Crippen molar-refractivity contribution < 1.29 is 9.84 Å². The van der Waals surface area contributed by atoms with Crippen LogP contribution in [-0.4, -0.2) is 30.2 Å². The Morgan fingerprint density at radius 1 is 1.25 bits per heavy atom. The average molecular weight is 223 g/mol. The Labute approximate surface area is 97.7 Å². The standard InChI is InChI=1S/C13H21NO2/c1-9(2)14(4)10(3)12-7-6-11(16-5)8-13(12)15/h6-10,15H,1-5H3. The number of phenols is 1. The van der Waals surface area contributed by atoms with E-state index >= 15 is 0 Å². The van der Waals surface area contributed by atoms with Crippen molar-refractivity contribution in [2.45, 2.75) is 32.9 Å². The molecule has 16 heavy (non-hydrogen) atoms. The number of benzene rings is 1. The van der Waals surface area contributed by atoms with E-state index in [1.807, 2.05) is 12.1 Å². The zero-order valence-corrected chi connectivity index (χ0v) is 10.7. The molecule has 1 rings (SSSR count). The van der Waals surface area contributed by atoms with Crippen molar-refractivity contribution in [2.75, 3.05) is 14.2 Å². The molecular weight excluding hydrogens is 202 g/mol. The van der Waals surface area contributed by atoms with E-state index in [0.717, 1.165) is 5.56 Å². The molecule has 1 unspecified atom stereocenters. The molecule has 1 aromatic rings. The summed E-state index contributed by atoms with van der Waals surface area (Å²) >= 11 is 0. The van der Waals surface area contributed by atoms with Crippen molar-refractivity contribution in [2.24, 2.45) is 0 Å². The topological polar surface area (TPSA) is 32.7 Å². The van der Waals surface area contributed by atoms with Crippen LogP contribution in [0, 0.1) is 0 Å². The van der Waals surface area contributed by atoms with Gasteiger partial charge >= 0.3 is 0 Å². The van der Waals surface area contributed by atoms with Crippen molar-refractivity contribution in [3.63, 3.8) is 0 Å². The quantitative estimate of drug-likeness (QED) is 0.852. The normalized spacial score (nSPS) is 13.2. The number of phenolic OH excluding ortho intramolecular Hbond substituents is 1. The van der Waals surface area contributed by atoms with Gasteiger partial charge in [-0.3, -0.25) is 4.90 Å². The van der Waals surface area contributed by atoms with Gasteiger partial charge in [-0.1, -0.05) is 6.07 Å². The predicted octanol–water partition coefficient (Wildman–Crippen LogP) is 2.80. The molecule has 0 bridgehead atoms. The summed E-state index contributed by atoms with van der Waals surface area (Å²) in [5.74, 6) is 0.972. The molecule has 0 aliphatic rings. The number of aromatic hydroxyl groups is 1. The number of nitrogens with zero attached hydrogens (tertiary/aromatic N) is 1. The van der Waals surface area contributed by atoms with Crippen LogP contribution in [0.5, 0.6) is 11.5 Å². The van der Waals surface area contributed by atoms with Gasteiger partial charge in [0.25, 0.3) is 0 Å². The molecule has 0 radical (unpaired) electrons. The highest BCUT2D eigenvalue weighted by atomic mass is 16.5. The van der Waals surface area contributed by atoms with Gasteiger partial charge in [-0.05, 0) is 33.9 Å². The molecular formula is C13H21NO2. The van der Waals surface area contributed by atoms with Gasteiger partial charge in [-0.15, -0.1) is 0 Å². The summed E-state index contributed by atoms with van der Waals surface area (Å²) in [6, 6.07) is 6.07. The number of hydrogen-bond acceptors (Lipinski definition) is 3. The molecule has 3 heteroatoms. The molecule has 0 aliphatic carbocycles. The molecule has 0 amide bonds. The third kappa shape index (κ3) is 2.67. The van der Waals surface area contributed by atoms with Crippen molar-refractivity contribution in [3.05, 3.63) is 23.8 Å². The largest absolute Gasteiger partial charge is 0.507 e. The van der Waals surface area contributed by atoms with Gasteiger partial charge in [0.1, 0.15) is 11.5 Å². The zero-order chi connectivity index (χ0) is 12.3. The van der Waals surface area contributed by atoms with Gasteiger partial charge in [0, 0.05) is 23.7 Å². The maximum atomic E-state index is 9.92. The van der Waals surface area contributed by atoms with E-state index in [0.29, 0.717) is 17.5 Å². The first-order valence-corrected chi connectivity index (χ1v) is 5.56. The molecule has 0 heterocycles. The van der Waals surface area contributed by atoms with Crippen LogP contribution in [0.1, 0.15) is 32.4 Å². The summed E-state index contributed by atoms with van der Waals surface area (Å²) in [5.41, 5.74) is 0.928. The smallest absolute Gasteiger partial charge is 0.124 e.